The maximum Gasteiger partial charge on any atom is 0.223 e. The smallest absolute Gasteiger partial charge is 0.223 e. The molecule has 2 aromatic carbocycles. The lowest BCUT2D eigenvalue weighted by molar-refractivity contribution is -0.132. The molecule has 1 fully saturated rings. The molecule has 154 valence electrons. The highest BCUT2D eigenvalue weighted by Gasteiger charge is 2.30. The molecule has 0 spiro atoms. The third-order valence-electron chi connectivity index (χ3n) is 6.10. The quantitative estimate of drug-likeness (QED) is 0.593. The molecule has 1 saturated heterocycles. The van der Waals surface area contributed by atoms with E-state index in [9.17, 15) is 4.79 Å². The summed E-state index contributed by atoms with van der Waals surface area (Å²) in [5.41, 5.74) is 3.60. The van der Waals surface area contributed by atoms with Gasteiger partial charge >= 0.3 is 0 Å². The lowest BCUT2D eigenvalue weighted by atomic mass is 9.88. The molecule has 0 radical (unpaired) electrons. The fourth-order valence-electron chi connectivity index (χ4n) is 4.34. The number of nitrogens with zero attached hydrogens (tertiary/aromatic N) is 3. The molecule has 4 heteroatoms. The average Bonchev–Trinajstić information content (AvgIpc) is 3.27. The molecule has 0 saturated carbocycles. The zero-order chi connectivity index (χ0) is 20.8. The van der Waals surface area contributed by atoms with Gasteiger partial charge in [-0.2, -0.15) is 0 Å². The van der Waals surface area contributed by atoms with E-state index in [2.05, 4.69) is 40.2 Å². The molecule has 30 heavy (non-hydrogen) atoms. The van der Waals surface area contributed by atoms with E-state index in [-0.39, 0.29) is 17.9 Å². The summed E-state index contributed by atoms with van der Waals surface area (Å²) in [6.45, 7) is 2.82. The number of hydrogen-bond donors (Lipinski definition) is 0. The summed E-state index contributed by atoms with van der Waals surface area (Å²) in [4.78, 5) is 21.8. The van der Waals surface area contributed by atoms with Crippen LogP contribution in [0.25, 0.3) is 0 Å². The third-order valence-corrected chi connectivity index (χ3v) is 6.10. The van der Waals surface area contributed by atoms with E-state index < -0.39 is 0 Å². The Labute approximate surface area is 179 Å². The SMILES string of the molecule is CN(C(=O)CC(c1ccccc1)c1ccccc1)[C@@H]1CCN(Cc2cccnc2)C1. The van der Waals surface area contributed by atoms with Crippen molar-refractivity contribution >= 4 is 5.91 Å². The van der Waals surface area contributed by atoms with E-state index >= 15 is 0 Å². The Kier molecular flexibility index (Phi) is 6.55. The molecular weight excluding hydrogens is 370 g/mol. The number of likely N-dealkylation sites (N-methyl/N-ethyl adjacent to an activating group) is 1. The maximum atomic E-state index is 13.2. The van der Waals surface area contributed by atoms with Crippen molar-refractivity contribution in [3.63, 3.8) is 0 Å². The highest BCUT2D eigenvalue weighted by atomic mass is 16.2. The number of likely N-dealkylation sites (tertiary alicyclic amines) is 1. The van der Waals surface area contributed by atoms with Gasteiger partial charge in [0.25, 0.3) is 0 Å². The highest BCUT2D eigenvalue weighted by Crippen LogP contribution is 2.29. The first kappa shape index (κ1) is 20.3. The second-order valence-electron chi connectivity index (χ2n) is 8.12. The van der Waals surface area contributed by atoms with Gasteiger partial charge in [0.2, 0.25) is 5.91 Å². The van der Waals surface area contributed by atoms with Crippen molar-refractivity contribution in [1.82, 2.24) is 14.8 Å². The number of aromatic nitrogens is 1. The van der Waals surface area contributed by atoms with Crippen LogP contribution in [-0.4, -0.2) is 46.9 Å². The topological polar surface area (TPSA) is 36.4 Å². The Morgan fingerprint density at radius 1 is 1.03 bits per heavy atom. The second-order valence-corrected chi connectivity index (χ2v) is 8.12. The first-order valence-electron chi connectivity index (χ1n) is 10.7. The highest BCUT2D eigenvalue weighted by molar-refractivity contribution is 5.78. The van der Waals surface area contributed by atoms with Crippen LogP contribution in [0.15, 0.2) is 85.2 Å². The Balaban J connectivity index is 1.41. The van der Waals surface area contributed by atoms with Crippen LogP contribution in [0.5, 0.6) is 0 Å². The van der Waals surface area contributed by atoms with Crippen molar-refractivity contribution in [3.05, 3.63) is 102 Å². The minimum atomic E-state index is 0.0789. The fraction of sp³-hybridized carbons (Fsp3) is 0.308. The molecule has 0 unspecified atom stereocenters. The largest absolute Gasteiger partial charge is 0.341 e. The lowest BCUT2D eigenvalue weighted by Gasteiger charge is -2.27. The van der Waals surface area contributed by atoms with Gasteiger partial charge in [0, 0.05) is 57.5 Å². The standard InChI is InChI=1S/C26H29N3O/c1-28(24-14-16-29(20-24)19-21-9-8-15-27-18-21)26(30)17-25(22-10-4-2-5-11-22)23-12-6-3-7-13-23/h2-13,15,18,24-25H,14,16-17,19-20H2,1H3/t24-/m1/s1. The normalized spacial score (nSPS) is 16.7. The van der Waals surface area contributed by atoms with Crippen molar-refractivity contribution in [2.45, 2.75) is 31.3 Å². The van der Waals surface area contributed by atoms with Gasteiger partial charge in [-0.1, -0.05) is 66.7 Å². The summed E-state index contributed by atoms with van der Waals surface area (Å²) in [5.74, 6) is 0.288. The minimum absolute atomic E-state index is 0.0789. The van der Waals surface area contributed by atoms with Crippen LogP contribution in [0.3, 0.4) is 0 Å². The molecule has 0 bridgehead atoms. The number of hydrogen-bond acceptors (Lipinski definition) is 3. The van der Waals surface area contributed by atoms with Crippen molar-refractivity contribution in [2.24, 2.45) is 0 Å². The van der Waals surface area contributed by atoms with Gasteiger partial charge in [-0.15, -0.1) is 0 Å². The summed E-state index contributed by atoms with van der Waals surface area (Å²) in [6.07, 6.45) is 5.23. The molecule has 2 heterocycles. The summed E-state index contributed by atoms with van der Waals surface area (Å²) in [6, 6.07) is 25.1. The van der Waals surface area contributed by atoms with Gasteiger partial charge in [0.15, 0.2) is 0 Å². The molecule has 1 amide bonds. The van der Waals surface area contributed by atoms with Crippen LogP contribution < -0.4 is 0 Å². The Morgan fingerprint density at radius 2 is 1.70 bits per heavy atom. The number of amides is 1. The summed E-state index contributed by atoms with van der Waals surface area (Å²) in [7, 11) is 1.97. The van der Waals surface area contributed by atoms with Gasteiger partial charge in [-0.3, -0.25) is 14.7 Å². The van der Waals surface area contributed by atoms with Crippen molar-refractivity contribution in [1.29, 1.82) is 0 Å². The van der Waals surface area contributed by atoms with E-state index in [1.54, 1.807) is 6.20 Å². The van der Waals surface area contributed by atoms with Crippen LogP contribution in [0.1, 0.15) is 35.4 Å². The third kappa shape index (κ3) is 4.95. The van der Waals surface area contributed by atoms with Crippen LogP contribution in [0.2, 0.25) is 0 Å². The number of benzene rings is 2. The minimum Gasteiger partial charge on any atom is -0.341 e. The Morgan fingerprint density at radius 3 is 2.30 bits per heavy atom. The predicted molar refractivity (Wildman–Crippen MR) is 120 cm³/mol. The molecule has 1 aliphatic rings. The molecule has 1 atom stereocenters. The summed E-state index contributed by atoms with van der Waals surface area (Å²) >= 11 is 0. The zero-order valence-corrected chi connectivity index (χ0v) is 17.5. The summed E-state index contributed by atoms with van der Waals surface area (Å²) < 4.78 is 0. The summed E-state index contributed by atoms with van der Waals surface area (Å²) in [5, 5.41) is 0. The Hall–Kier alpha value is -2.98. The van der Waals surface area contributed by atoms with Crippen molar-refractivity contribution < 1.29 is 4.79 Å². The lowest BCUT2D eigenvalue weighted by Crippen LogP contribution is -2.39. The molecule has 1 aromatic heterocycles. The first-order valence-corrected chi connectivity index (χ1v) is 10.7. The Bertz CT molecular complexity index is 891. The zero-order valence-electron chi connectivity index (χ0n) is 17.5. The van der Waals surface area contributed by atoms with Crippen molar-refractivity contribution in [2.75, 3.05) is 20.1 Å². The van der Waals surface area contributed by atoms with Gasteiger partial charge in [-0.05, 0) is 29.2 Å². The molecule has 0 aliphatic carbocycles. The monoisotopic (exact) mass is 399 g/mol. The maximum absolute atomic E-state index is 13.2. The molecule has 1 aliphatic heterocycles. The van der Waals surface area contributed by atoms with Crippen LogP contribution in [0.4, 0.5) is 0 Å². The number of carbonyl (C=O) groups is 1. The van der Waals surface area contributed by atoms with Gasteiger partial charge in [0.05, 0.1) is 0 Å². The van der Waals surface area contributed by atoms with Crippen molar-refractivity contribution in [3.8, 4) is 0 Å². The van der Waals surface area contributed by atoms with Gasteiger partial charge in [0.1, 0.15) is 0 Å². The fourth-order valence-corrected chi connectivity index (χ4v) is 4.34. The molecule has 0 N–H and O–H groups in total. The second kappa shape index (κ2) is 9.68. The van der Waals surface area contributed by atoms with Crippen LogP contribution in [-0.2, 0) is 11.3 Å². The van der Waals surface area contributed by atoms with Crippen LogP contribution in [0, 0.1) is 0 Å². The number of pyridine rings is 1. The average molecular weight is 400 g/mol. The first-order chi connectivity index (χ1) is 14.7. The van der Waals surface area contributed by atoms with E-state index in [0.29, 0.717) is 6.42 Å². The molecular formula is C26H29N3O. The van der Waals surface area contributed by atoms with E-state index in [1.807, 2.05) is 60.6 Å². The molecule has 4 rings (SSSR count). The van der Waals surface area contributed by atoms with Gasteiger partial charge in [-0.25, -0.2) is 0 Å². The predicted octanol–water partition coefficient (Wildman–Crippen LogP) is 4.34. The molecule has 3 aromatic rings. The molecule has 4 nitrogen and oxygen atoms in total. The number of rotatable bonds is 7. The number of carbonyl (C=O) groups excluding carboxylic acids is 1. The van der Waals surface area contributed by atoms with E-state index in [0.717, 1.165) is 26.1 Å². The van der Waals surface area contributed by atoms with E-state index in [1.165, 1.54) is 16.7 Å². The van der Waals surface area contributed by atoms with Gasteiger partial charge < -0.3 is 4.90 Å². The van der Waals surface area contributed by atoms with Crippen LogP contribution >= 0.6 is 0 Å². The van der Waals surface area contributed by atoms with E-state index in [4.69, 9.17) is 0 Å².